The Morgan fingerprint density at radius 1 is 1.40 bits per heavy atom. The first-order chi connectivity index (χ1) is 9.78. The highest BCUT2D eigenvalue weighted by atomic mass is 79.9. The number of hydrogen-bond donors (Lipinski definition) is 2. The fraction of sp³-hybridized carbons (Fsp3) is 0.286. The molecule has 0 spiro atoms. The number of aromatic nitrogens is 2. The third-order valence-corrected chi connectivity index (χ3v) is 3.85. The van der Waals surface area contributed by atoms with E-state index in [1.807, 2.05) is 0 Å². The summed E-state index contributed by atoms with van der Waals surface area (Å²) in [5, 5.41) is 0. The van der Waals surface area contributed by atoms with Crippen molar-refractivity contribution in [3.05, 3.63) is 52.0 Å². The molecular weight excluding hydrogens is 320 g/mol. The number of hydrogen-bond acceptors (Lipinski definition) is 5. The summed E-state index contributed by atoms with van der Waals surface area (Å²) in [5.74, 6) is 6.65. The van der Waals surface area contributed by atoms with Gasteiger partial charge in [0.1, 0.15) is 5.75 Å². The van der Waals surface area contributed by atoms with Crippen LogP contribution in [0.1, 0.15) is 22.9 Å². The minimum Gasteiger partial charge on any atom is -0.493 e. The van der Waals surface area contributed by atoms with Gasteiger partial charge < -0.3 is 4.74 Å². The predicted molar refractivity (Wildman–Crippen MR) is 79.1 cm³/mol. The Kier molecular flexibility index (Phi) is 3.95. The highest BCUT2D eigenvalue weighted by Gasteiger charge is 2.21. The number of hydrazine groups is 1. The highest BCUT2D eigenvalue weighted by Crippen LogP contribution is 2.35. The van der Waals surface area contributed by atoms with Crippen LogP contribution in [-0.4, -0.2) is 16.6 Å². The van der Waals surface area contributed by atoms with E-state index in [2.05, 4.69) is 43.5 Å². The van der Waals surface area contributed by atoms with Crippen molar-refractivity contribution in [2.75, 3.05) is 6.61 Å². The largest absolute Gasteiger partial charge is 0.493 e. The summed E-state index contributed by atoms with van der Waals surface area (Å²) in [7, 11) is 0. The van der Waals surface area contributed by atoms with Crippen LogP contribution in [0.15, 0.2) is 35.2 Å². The lowest BCUT2D eigenvalue weighted by Gasteiger charge is -2.17. The van der Waals surface area contributed by atoms with Gasteiger partial charge in [-0.05, 0) is 29.7 Å². The number of nitrogens with zero attached hydrogens (tertiary/aromatic N) is 2. The van der Waals surface area contributed by atoms with E-state index in [1.54, 1.807) is 18.6 Å². The third kappa shape index (κ3) is 2.67. The van der Waals surface area contributed by atoms with Gasteiger partial charge in [-0.2, -0.15) is 0 Å². The van der Waals surface area contributed by atoms with Crippen LogP contribution >= 0.6 is 15.9 Å². The molecule has 1 atom stereocenters. The zero-order valence-corrected chi connectivity index (χ0v) is 12.4. The Morgan fingerprint density at radius 3 is 3.05 bits per heavy atom. The Labute approximate surface area is 125 Å². The number of benzene rings is 1. The van der Waals surface area contributed by atoms with E-state index in [1.165, 1.54) is 5.56 Å². The van der Waals surface area contributed by atoms with Crippen LogP contribution in [0.4, 0.5) is 0 Å². The maximum atomic E-state index is 5.74. The van der Waals surface area contributed by atoms with E-state index >= 15 is 0 Å². The molecule has 5 nitrogen and oxygen atoms in total. The molecule has 104 valence electrons. The van der Waals surface area contributed by atoms with Crippen LogP contribution in [0.3, 0.4) is 0 Å². The summed E-state index contributed by atoms with van der Waals surface area (Å²) < 4.78 is 6.80. The van der Waals surface area contributed by atoms with Gasteiger partial charge in [0, 0.05) is 23.3 Å². The van der Waals surface area contributed by atoms with Crippen molar-refractivity contribution in [1.82, 2.24) is 15.4 Å². The van der Waals surface area contributed by atoms with Crippen LogP contribution < -0.4 is 16.0 Å². The molecule has 0 bridgehead atoms. The third-order valence-electron chi connectivity index (χ3n) is 3.39. The molecule has 1 aromatic carbocycles. The van der Waals surface area contributed by atoms with Crippen molar-refractivity contribution >= 4 is 15.9 Å². The van der Waals surface area contributed by atoms with E-state index < -0.39 is 0 Å². The van der Waals surface area contributed by atoms with E-state index in [0.717, 1.165) is 34.5 Å². The fourth-order valence-corrected chi connectivity index (χ4v) is 3.01. The quantitative estimate of drug-likeness (QED) is 0.660. The molecule has 0 aliphatic carbocycles. The predicted octanol–water partition coefficient (Wildman–Crippen LogP) is 1.92. The van der Waals surface area contributed by atoms with E-state index in [9.17, 15) is 0 Å². The maximum Gasteiger partial charge on any atom is 0.125 e. The van der Waals surface area contributed by atoms with Crippen molar-refractivity contribution in [3.63, 3.8) is 0 Å². The number of ether oxygens (including phenoxy) is 1. The van der Waals surface area contributed by atoms with Crippen molar-refractivity contribution in [2.24, 2.45) is 5.84 Å². The zero-order valence-electron chi connectivity index (χ0n) is 10.8. The molecule has 1 aliphatic heterocycles. The van der Waals surface area contributed by atoms with Crippen molar-refractivity contribution < 1.29 is 4.74 Å². The summed E-state index contributed by atoms with van der Waals surface area (Å²) >= 11 is 3.55. The number of nitrogens with two attached hydrogens (primary N) is 1. The molecule has 0 saturated heterocycles. The van der Waals surface area contributed by atoms with Gasteiger partial charge in [-0.3, -0.25) is 21.2 Å². The van der Waals surface area contributed by atoms with Crippen LogP contribution in [0.25, 0.3) is 0 Å². The van der Waals surface area contributed by atoms with Gasteiger partial charge in [0.2, 0.25) is 0 Å². The zero-order chi connectivity index (χ0) is 13.9. The Bertz CT molecular complexity index is 606. The minimum absolute atomic E-state index is 0.0914. The van der Waals surface area contributed by atoms with Gasteiger partial charge in [-0.15, -0.1) is 0 Å². The van der Waals surface area contributed by atoms with Gasteiger partial charge >= 0.3 is 0 Å². The molecule has 0 saturated carbocycles. The molecule has 0 fully saturated rings. The van der Waals surface area contributed by atoms with Gasteiger partial charge in [0.25, 0.3) is 0 Å². The monoisotopic (exact) mass is 334 g/mol. The normalized spacial score (nSPS) is 14.7. The lowest BCUT2D eigenvalue weighted by atomic mass is 10.0. The first-order valence-electron chi connectivity index (χ1n) is 6.44. The molecule has 1 aliphatic rings. The lowest BCUT2D eigenvalue weighted by Crippen LogP contribution is -2.30. The van der Waals surface area contributed by atoms with Crippen LogP contribution in [0.2, 0.25) is 0 Å². The fourth-order valence-electron chi connectivity index (χ4n) is 2.46. The standard InChI is InChI=1S/C14H15BrN4O/c15-11-5-9-1-4-20-14(9)10(6-11)7-12(19-16)13-8-17-2-3-18-13/h2-3,5-6,8,12,19H,1,4,7,16H2. The van der Waals surface area contributed by atoms with E-state index in [4.69, 9.17) is 10.6 Å². The molecule has 1 aromatic heterocycles. The first-order valence-corrected chi connectivity index (χ1v) is 7.23. The molecule has 2 heterocycles. The number of halogens is 1. The summed E-state index contributed by atoms with van der Waals surface area (Å²) in [5.41, 5.74) is 5.99. The molecule has 3 rings (SSSR count). The topological polar surface area (TPSA) is 73.1 Å². The highest BCUT2D eigenvalue weighted by molar-refractivity contribution is 9.10. The Hall–Kier alpha value is -1.50. The first kappa shape index (κ1) is 13.5. The lowest BCUT2D eigenvalue weighted by molar-refractivity contribution is 0.351. The van der Waals surface area contributed by atoms with Crippen LogP contribution in [0.5, 0.6) is 5.75 Å². The molecular formula is C14H15BrN4O. The van der Waals surface area contributed by atoms with E-state index in [0.29, 0.717) is 6.42 Å². The second kappa shape index (κ2) is 5.87. The number of fused-ring (bicyclic) bond motifs is 1. The second-order valence-corrected chi connectivity index (χ2v) is 5.62. The van der Waals surface area contributed by atoms with Crippen LogP contribution in [0, 0.1) is 0 Å². The molecule has 0 radical (unpaired) electrons. The summed E-state index contributed by atoms with van der Waals surface area (Å²) in [6.07, 6.45) is 6.70. The van der Waals surface area contributed by atoms with Gasteiger partial charge in [0.15, 0.2) is 0 Å². The van der Waals surface area contributed by atoms with E-state index in [-0.39, 0.29) is 6.04 Å². The Balaban J connectivity index is 1.91. The SMILES string of the molecule is NNC(Cc1cc(Br)cc2c1OCC2)c1cnccn1. The maximum absolute atomic E-state index is 5.74. The van der Waals surface area contributed by atoms with Gasteiger partial charge in [0.05, 0.1) is 24.5 Å². The number of rotatable bonds is 4. The molecule has 0 amide bonds. The minimum atomic E-state index is -0.0914. The van der Waals surface area contributed by atoms with Crippen molar-refractivity contribution in [2.45, 2.75) is 18.9 Å². The average molecular weight is 335 g/mol. The summed E-state index contributed by atoms with van der Waals surface area (Å²) in [4.78, 5) is 8.39. The Morgan fingerprint density at radius 2 is 2.30 bits per heavy atom. The molecule has 1 unspecified atom stereocenters. The molecule has 20 heavy (non-hydrogen) atoms. The van der Waals surface area contributed by atoms with Crippen LogP contribution in [-0.2, 0) is 12.8 Å². The molecule has 6 heteroatoms. The smallest absolute Gasteiger partial charge is 0.125 e. The molecule has 3 N–H and O–H groups in total. The van der Waals surface area contributed by atoms with Gasteiger partial charge in [-0.25, -0.2) is 0 Å². The summed E-state index contributed by atoms with van der Waals surface area (Å²) in [6.45, 7) is 0.741. The number of nitrogens with one attached hydrogen (secondary N) is 1. The second-order valence-electron chi connectivity index (χ2n) is 4.71. The van der Waals surface area contributed by atoms with Crippen molar-refractivity contribution in [3.8, 4) is 5.75 Å². The summed E-state index contributed by atoms with van der Waals surface area (Å²) in [6, 6.07) is 4.09. The average Bonchev–Trinajstić information content (AvgIpc) is 2.93. The van der Waals surface area contributed by atoms with Crippen molar-refractivity contribution in [1.29, 1.82) is 0 Å². The molecule has 2 aromatic rings. The van der Waals surface area contributed by atoms with Gasteiger partial charge in [-0.1, -0.05) is 15.9 Å².